The molecule has 0 unspecified atom stereocenters. The number of aliphatic imine (C=N–C) groups is 1. The van der Waals surface area contributed by atoms with Gasteiger partial charge in [0.25, 0.3) is 0 Å². The van der Waals surface area contributed by atoms with Crippen molar-refractivity contribution in [1.82, 2.24) is 20.4 Å². The van der Waals surface area contributed by atoms with Crippen molar-refractivity contribution >= 4 is 17.6 Å². The highest BCUT2D eigenvalue weighted by Crippen LogP contribution is 2.18. The van der Waals surface area contributed by atoms with Gasteiger partial charge in [0.05, 0.1) is 12.4 Å². The van der Waals surface area contributed by atoms with Crippen LogP contribution in [-0.2, 0) is 9.59 Å². The molecule has 2 N–H and O–H groups in total. The molecule has 0 saturated heterocycles. The number of rotatable bonds is 57. The van der Waals surface area contributed by atoms with Crippen molar-refractivity contribution in [2.45, 2.75) is 329 Å². The first-order valence-electron chi connectivity index (χ1n) is 31.7. The first kappa shape index (κ1) is 65.4. The van der Waals surface area contributed by atoms with Gasteiger partial charge in [-0.15, -0.1) is 0 Å². The van der Waals surface area contributed by atoms with Crippen LogP contribution in [0.3, 0.4) is 0 Å². The van der Waals surface area contributed by atoms with E-state index in [1.54, 1.807) is 0 Å². The van der Waals surface area contributed by atoms with Crippen LogP contribution < -0.4 is 10.6 Å². The van der Waals surface area contributed by atoms with E-state index in [9.17, 15) is 9.59 Å². The minimum absolute atomic E-state index is 0.144. The van der Waals surface area contributed by atoms with Crippen LogP contribution in [0.4, 0.5) is 0 Å². The number of amides is 2. The summed E-state index contributed by atoms with van der Waals surface area (Å²) >= 11 is 0. The maximum Gasteiger partial charge on any atom is 0.222 e. The van der Waals surface area contributed by atoms with Crippen molar-refractivity contribution in [1.29, 1.82) is 0 Å². The van der Waals surface area contributed by atoms with Crippen LogP contribution in [0.5, 0.6) is 0 Å². The number of amidine groups is 1. The number of hydrogen-bond donors (Lipinski definition) is 2. The normalized spacial score (nSPS) is 12.6. The lowest BCUT2D eigenvalue weighted by Crippen LogP contribution is -2.43. The lowest BCUT2D eigenvalue weighted by atomic mass is 10.0. The van der Waals surface area contributed by atoms with E-state index >= 15 is 0 Å². The third-order valence-electron chi connectivity index (χ3n) is 15.2. The van der Waals surface area contributed by atoms with Crippen LogP contribution >= 0.6 is 0 Å². The molecule has 0 saturated carbocycles. The summed E-state index contributed by atoms with van der Waals surface area (Å²) in [7, 11) is 0. The maximum atomic E-state index is 13.5. The van der Waals surface area contributed by atoms with Crippen LogP contribution in [0.15, 0.2) is 4.99 Å². The van der Waals surface area contributed by atoms with Crippen molar-refractivity contribution < 1.29 is 9.59 Å². The van der Waals surface area contributed by atoms with Gasteiger partial charge in [-0.05, 0) is 19.3 Å². The zero-order valence-electron chi connectivity index (χ0n) is 47.3. The third-order valence-corrected chi connectivity index (χ3v) is 15.2. The fourth-order valence-electron chi connectivity index (χ4n) is 10.5. The Hall–Kier alpha value is -1.63. The van der Waals surface area contributed by atoms with E-state index in [-0.39, 0.29) is 11.8 Å². The lowest BCUT2D eigenvalue weighted by Gasteiger charge is -2.24. The van der Waals surface area contributed by atoms with Gasteiger partial charge in [0.15, 0.2) is 0 Å². The minimum Gasteiger partial charge on any atom is -0.357 e. The molecule has 0 fully saturated rings. The van der Waals surface area contributed by atoms with Gasteiger partial charge in [0.1, 0.15) is 0 Å². The van der Waals surface area contributed by atoms with Gasteiger partial charge in [-0.25, -0.2) is 0 Å². The van der Waals surface area contributed by atoms with E-state index in [2.05, 4.69) is 36.3 Å². The van der Waals surface area contributed by atoms with E-state index in [4.69, 9.17) is 4.99 Å². The first-order valence-corrected chi connectivity index (χ1v) is 31.7. The fraction of sp³-hybridized carbons (Fsp3) is 0.952. The molecule has 0 bridgehead atoms. The van der Waals surface area contributed by atoms with E-state index in [0.29, 0.717) is 32.5 Å². The van der Waals surface area contributed by atoms with Crippen molar-refractivity contribution in [3.63, 3.8) is 0 Å². The second-order valence-corrected chi connectivity index (χ2v) is 21.9. The summed E-state index contributed by atoms with van der Waals surface area (Å²) in [6.45, 7) is 13.4. The van der Waals surface area contributed by atoms with E-state index in [1.807, 2.05) is 4.90 Å². The van der Waals surface area contributed by atoms with Crippen LogP contribution in [0.2, 0.25) is 0 Å². The summed E-state index contributed by atoms with van der Waals surface area (Å²) in [5.74, 6) is 1.71. The molecular weight excluding hydrogens is 847 g/mol. The Morgan fingerprint density at radius 2 is 0.754 bits per heavy atom. The smallest absolute Gasteiger partial charge is 0.222 e. The monoisotopic (exact) mass is 970 g/mol. The number of unbranched alkanes of at least 4 members (excludes halogenated alkanes) is 42. The molecule has 0 aromatic carbocycles. The van der Waals surface area contributed by atoms with Crippen LogP contribution in [-0.4, -0.2) is 79.8 Å². The molecule has 1 aliphatic rings. The predicted octanol–water partition coefficient (Wildman–Crippen LogP) is 18.0. The van der Waals surface area contributed by atoms with Gasteiger partial charge >= 0.3 is 0 Å². The molecule has 0 radical (unpaired) electrons. The zero-order chi connectivity index (χ0) is 49.6. The Morgan fingerprint density at radius 1 is 0.420 bits per heavy atom. The van der Waals surface area contributed by atoms with Gasteiger partial charge in [-0.3, -0.25) is 14.6 Å². The molecule has 0 spiro atoms. The van der Waals surface area contributed by atoms with E-state index < -0.39 is 0 Å². The van der Waals surface area contributed by atoms with Crippen LogP contribution in [0, 0.1) is 0 Å². The molecule has 2 amide bonds. The van der Waals surface area contributed by atoms with Crippen molar-refractivity contribution in [3.05, 3.63) is 0 Å². The number of nitrogens with one attached hydrogen (secondary N) is 2. The summed E-state index contributed by atoms with van der Waals surface area (Å²) in [5.41, 5.74) is 0. The molecule has 1 rings (SSSR count). The van der Waals surface area contributed by atoms with E-state index in [0.717, 1.165) is 64.8 Å². The number of carbonyl (C=O) groups is 2. The molecular formula is C62H123N5O2. The van der Waals surface area contributed by atoms with E-state index in [1.165, 1.54) is 269 Å². The number of hydrogen-bond acceptors (Lipinski definition) is 5. The standard InChI is InChI=1S/C62H123N5O2/c1-4-7-10-13-16-19-22-25-28-31-34-37-40-43-46-49-60-64-54-58-66(60)56-52-63-53-57-67(62(69)51-48-45-42-39-36-33-30-27-24-21-18-15-12-9-6-3)59-55-65-61(68)50-47-44-41-38-35-32-29-26-23-20-17-14-11-8-5-2/h63H,4-59H2,1-3H3,(H,65,68). The highest BCUT2D eigenvalue weighted by Gasteiger charge is 2.17. The molecule has 0 aromatic rings. The molecule has 0 aliphatic carbocycles. The Balaban J connectivity index is 2.28. The topological polar surface area (TPSA) is 77.0 Å². The van der Waals surface area contributed by atoms with Gasteiger partial charge in [0, 0.05) is 65.1 Å². The molecule has 7 heteroatoms. The van der Waals surface area contributed by atoms with Crippen molar-refractivity contribution in [3.8, 4) is 0 Å². The summed E-state index contributed by atoms with van der Waals surface area (Å²) in [4.78, 5) is 35.7. The SMILES string of the molecule is CCCCCCCCCCCCCCCCCC(=O)NCCN(CCNCCN1CCN=C1CCCCCCCCCCCCCCCCC)C(=O)CCCCCCCCCCCCCCCCC. The maximum absolute atomic E-state index is 13.5. The molecule has 1 aliphatic heterocycles. The second-order valence-electron chi connectivity index (χ2n) is 21.9. The fourth-order valence-corrected chi connectivity index (χ4v) is 10.5. The molecule has 7 nitrogen and oxygen atoms in total. The highest BCUT2D eigenvalue weighted by molar-refractivity contribution is 5.83. The molecule has 0 aromatic heterocycles. The lowest BCUT2D eigenvalue weighted by molar-refractivity contribution is -0.131. The molecule has 1 heterocycles. The van der Waals surface area contributed by atoms with Gasteiger partial charge < -0.3 is 20.4 Å². The first-order chi connectivity index (χ1) is 34.1. The largest absolute Gasteiger partial charge is 0.357 e. The summed E-state index contributed by atoms with van der Waals surface area (Å²) in [6.07, 6.45) is 63.4. The van der Waals surface area contributed by atoms with Crippen LogP contribution in [0.1, 0.15) is 329 Å². The summed E-state index contributed by atoms with van der Waals surface area (Å²) < 4.78 is 0. The summed E-state index contributed by atoms with van der Waals surface area (Å²) in [6, 6.07) is 0. The number of nitrogens with zero attached hydrogens (tertiary/aromatic N) is 3. The molecule has 408 valence electrons. The second kappa shape index (κ2) is 54.2. The third kappa shape index (κ3) is 45.9. The zero-order valence-corrected chi connectivity index (χ0v) is 47.3. The molecule has 0 atom stereocenters. The van der Waals surface area contributed by atoms with Gasteiger partial charge in [0.2, 0.25) is 11.8 Å². The average molecular weight is 971 g/mol. The van der Waals surface area contributed by atoms with Crippen molar-refractivity contribution in [2.75, 3.05) is 52.4 Å². The quantitative estimate of drug-likeness (QED) is 0.0596. The van der Waals surface area contributed by atoms with Crippen LogP contribution in [0.25, 0.3) is 0 Å². The van der Waals surface area contributed by atoms with Crippen molar-refractivity contribution in [2.24, 2.45) is 4.99 Å². The number of carbonyl (C=O) groups excluding carboxylic acids is 2. The minimum atomic E-state index is 0.144. The Bertz CT molecular complexity index is 1100. The average Bonchev–Trinajstić information content (AvgIpc) is 3.81. The highest BCUT2D eigenvalue weighted by atomic mass is 16.2. The Morgan fingerprint density at radius 3 is 1.14 bits per heavy atom. The predicted molar refractivity (Wildman–Crippen MR) is 305 cm³/mol. The Labute approximate surface area is 432 Å². The molecule has 69 heavy (non-hydrogen) atoms. The summed E-state index contributed by atoms with van der Waals surface area (Å²) in [5, 5.41) is 6.81. The van der Waals surface area contributed by atoms with Gasteiger partial charge in [-0.2, -0.15) is 0 Å². The Kier molecular flexibility index (Phi) is 51.3. The van der Waals surface area contributed by atoms with Gasteiger partial charge in [-0.1, -0.05) is 290 Å².